The van der Waals surface area contributed by atoms with Crippen molar-refractivity contribution in [1.29, 1.82) is 0 Å². The first-order valence-corrected chi connectivity index (χ1v) is 8.54. The van der Waals surface area contributed by atoms with Crippen LogP contribution in [0.5, 0.6) is 0 Å². The van der Waals surface area contributed by atoms with Gasteiger partial charge in [0.1, 0.15) is 0 Å². The van der Waals surface area contributed by atoms with E-state index in [1.54, 1.807) is 0 Å². The Hall–Kier alpha value is -0.380. The van der Waals surface area contributed by atoms with Crippen LogP contribution in [0.4, 0.5) is 0 Å². The molecule has 1 aromatic rings. The fourth-order valence-electron chi connectivity index (χ4n) is 3.43. The van der Waals surface area contributed by atoms with Crippen LogP contribution in [0, 0.1) is 12.3 Å². The van der Waals surface area contributed by atoms with Crippen LogP contribution in [0.2, 0.25) is 0 Å². The highest BCUT2D eigenvalue weighted by molar-refractivity contribution is 9.10. The summed E-state index contributed by atoms with van der Waals surface area (Å²) in [5, 5.41) is 0. The third-order valence-corrected chi connectivity index (χ3v) is 6.09. The van der Waals surface area contributed by atoms with E-state index in [1.165, 1.54) is 48.0 Å². The van der Waals surface area contributed by atoms with Gasteiger partial charge in [0.2, 0.25) is 0 Å². The summed E-state index contributed by atoms with van der Waals surface area (Å²) in [4.78, 5) is 2.59. The van der Waals surface area contributed by atoms with Gasteiger partial charge in [0.05, 0.1) is 0 Å². The second-order valence-corrected chi connectivity index (χ2v) is 7.04. The normalized spacial score (nSPS) is 20.2. The minimum Gasteiger partial charge on any atom is -0.329 e. The molecule has 0 amide bonds. The average molecular weight is 339 g/mol. The highest BCUT2D eigenvalue weighted by atomic mass is 79.9. The summed E-state index contributed by atoms with van der Waals surface area (Å²) in [5.41, 5.74) is 9.25. The lowest BCUT2D eigenvalue weighted by molar-refractivity contribution is 0.197. The zero-order valence-electron chi connectivity index (χ0n) is 13.0. The van der Waals surface area contributed by atoms with Crippen LogP contribution in [0.1, 0.15) is 50.3 Å². The van der Waals surface area contributed by atoms with Crippen molar-refractivity contribution < 1.29 is 0 Å². The van der Waals surface area contributed by atoms with Crippen LogP contribution in [0.15, 0.2) is 22.7 Å². The predicted molar refractivity (Wildman–Crippen MR) is 89.9 cm³/mol. The maximum Gasteiger partial charge on any atom is 0.0470 e. The van der Waals surface area contributed by atoms with Crippen molar-refractivity contribution in [2.24, 2.45) is 11.1 Å². The van der Waals surface area contributed by atoms with Crippen molar-refractivity contribution in [3.05, 3.63) is 33.8 Å². The Morgan fingerprint density at radius 1 is 1.35 bits per heavy atom. The molecule has 1 fully saturated rings. The minimum absolute atomic E-state index is 0.363. The van der Waals surface area contributed by atoms with E-state index < -0.39 is 0 Å². The van der Waals surface area contributed by atoms with Gasteiger partial charge in [0, 0.05) is 23.6 Å². The number of likely N-dealkylation sites (tertiary alicyclic amines) is 1. The Labute approximate surface area is 131 Å². The van der Waals surface area contributed by atoms with Crippen LogP contribution in [-0.4, -0.2) is 24.5 Å². The van der Waals surface area contributed by atoms with Gasteiger partial charge in [0.25, 0.3) is 0 Å². The van der Waals surface area contributed by atoms with Crippen molar-refractivity contribution in [1.82, 2.24) is 4.90 Å². The molecule has 1 aliphatic rings. The summed E-state index contributed by atoms with van der Waals surface area (Å²) in [7, 11) is 0. The van der Waals surface area contributed by atoms with Crippen LogP contribution in [0.3, 0.4) is 0 Å². The van der Waals surface area contributed by atoms with E-state index >= 15 is 0 Å². The molecule has 2 rings (SSSR count). The predicted octanol–water partition coefficient (Wildman–Crippen LogP) is 4.27. The first kappa shape index (κ1) is 16.0. The molecule has 1 aromatic carbocycles. The van der Waals surface area contributed by atoms with Gasteiger partial charge in [0.15, 0.2) is 0 Å². The number of halogens is 1. The topological polar surface area (TPSA) is 29.3 Å². The van der Waals surface area contributed by atoms with E-state index in [1.807, 2.05) is 0 Å². The Morgan fingerprint density at radius 2 is 2.05 bits per heavy atom. The van der Waals surface area contributed by atoms with Crippen LogP contribution in [-0.2, 0) is 0 Å². The molecule has 0 bridgehead atoms. The van der Waals surface area contributed by atoms with E-state index in [0.29, 0.717) is 18.0 Å². The molecule has 3 heteroatoms. The molecule has 1 heterocycles. The van der Waals surface area contributed by atoms with Crippen LogP contribution < -0.4 is 5.73 Å². The first-order chi connectivity index (χ1) is 9.55. The van der Waals surface area contributed by atoms with E-state index in [-0.39, 0.29) is 0 Å². The molecule has 20 heavy (non-hydrogen) atoms. The maximum atomic E-state index is 6.09. The third-order valence-electron chi connectivity index (χ3n) is 5.20. The average Bonchev–Trinajstić information content (AvgIpc) is 2.88. The minimum atomic E-state index is 0.363. The van der Waals surface area contributed by atoms with Crippen LogP contribution in [0.25, 0.3) is 0 Å². The maximum absolute atomic E-state index is 6.09. The number of rotatable bonds is 5. The number of hydrogen-bond donors (Lipinski definition) is 1. The summed E-state index contributed by atoms with van der Waals surface area (Å²) < 4.78 is 1.18. The molecule has 0 radical (unpaired) electrons. The molecular weight excluding hydrogens is 312 g/mol. The monoisotopic (exact) mass is 338 g/mol. The quantitative estimate of drug-likeness (QED) is 0.868. The molecular formula is C17H27BrN2. The zero-order valence-corrected chi connectivity index (χ0v) is 14.5. The fraction of sp³-hybridized carbons (Fsp3) is 0.647. The molecule has 2 N–H and O–H groups in total. The molecule has 1 atom stereocenters. The lowest BCUT2D eigenvalue weighted by Crippen LogP contribution is -2.34. The molecule has 1 unspecified atom stereocenters. The SMILES string of the molecule is CCC1(CC)CCN(C(CN)c2ccc(Br)c(C)c2)C1. The second kappa shape index (κ2) is 6.59. The summed E-state index contributed by atoms with van der Waals surface area (Å²) >= 11 is 3.58. The van der Waals surface area contributed by atoms with Crippen molar-refractivity contribution >= 4 is 15.9 Å². The Kier molecular flexibility index (Phi) is 5.27. The number of nitrogens with zero attached hydrogens (tertiary/aromatic N) is 1. The Bertz CT molecular complexity index is 454. The van der Waals surface area contributed by atoms with Crippen molar-refractivity contribution in [2.75, 3.05) is 19.6 Å². The standard InChI is InChI=1S/C17H27BrN2/c1-4-17(5-2)8-9-20(12-17)16(11-19)14-6-7-15(18)13(3)10-14/h6-7,10,16H,4-5,8-9,11-12,19H2,1-3H3. The van der Waals surface area contributed by atoms with Crippen molar-refractivity contribution in [3.63, 3.8) is 0 Å². The van der Waals surface area contributed by atoms with E-state index in [9.17, 15) is 0 Å². The molecule has 112 valence electrons. The summed E-state index contributed by atoms with van der Waals surface area (Å²) in [6.07, 6.45) is 3.86. The van der Waals surface area contributed by atoms with Gasteiger partial charge in [-0.2, -0.15) is 0 Å². The molecule has 1 aliphatic heterocycles. The highest BCUT2D eigenvalue weighted by Gasteiger charge is 2.37. The zero-order chi connectivity index (χ0) is 14.8. The van der Waals surface area contributed by atoms with Gasteiger partial charge in [-0.25, -0.2) is 0 Å². The molecule has 0 saturated carbocycles. The van der Waals surface area contributed by atoms with Crippen molar-refractivity contribution in [3.8, 4) is 0 Å². The van der Waals surface area contributed by atoms with Crippen molar-refractivity contribution in [2.45, 2.75) is 46.1 Å². The smallest absolute Gasteiger partial charge is 0.0470 e. The molecule has 1 saturated heterocycles. The van der Waals surface area contributed by atoms with E-state index in [4.69, 9.17) is 5.73 Å². The number of benzene rings is 1. The fourth-order valence-corrected chi connectivity index (χ4v) is 3.68. The Balaban J connectivity index is 2.19. The van der Waals surface area contributed by atoms with Gasteiger partial charge < -0.3 is 5.73 Å². The Morgan fingerprint density at radius 3 is 2.55 bits per heavy atom. The summed E-state index contributed by atoms with van der Waals surface area (Å²) in [6.45, 7) is 9.87. The summed E-state index contributed by atoms with van der Waals surface area (Å²) in [6, 6.07) is 7.00. The largest absolute Gasteiger partial charge is 0.329 e. The summed E-state index contributed by atoms with van der Waals surface area (Å²) in [5.74, 6) is 0. The highest BCUT2D eigenvalue weighted by Crippen LogP contribution is 2.40. The first-order valence-electron chi connectivity index (χ1n) is 7.75. The number of hydrogen-bond acceptors (Lipinski definition) is 2. The number of nitrogens with two attached hydrogens (primary N) is 1. The molecule has 2 nitrogen and oxygen atoms in total. The molecule has 0 aliphatic carbocycles. The van der Waals surface area contributed by atoms with Gasteiger partial charge in [-0.15, -0.1) is 0 Å². The van der Waals surface area contributed by atoms with Gasteiger partial charge in [-0.05, 0) is 55.3 Å². The number of aryl methyl sites for hydroxylation is 1. The second-order valence-electron chi connectivity index (χ2n) is 6.19. The third kappa shape index (κ3) is 3.10. The molecule has 0 aromatic heterocycles. The lowest BCUT2D eigenvalue weighted by atomic mass is 9.82. The molecule has 0 spiro atoms. The van der Waals surface area contributed by atoms with Gasteiger partial charge in [-0.1, -0.05) is 41.9 Å². The van der Waals surface area contributed by atoms with Gasteiger partial charge in [-0.3, -0.25) is 4.90 Å². The van der Waals surface area contributed by atoms with E-state index in [2.05, 4.69) is 59.8 Å². The van der Waals surface area contributed by atoms with E-state index in [0.717, 1.165) is 0 Å². The lowest BCUT2D eigenvalue weighted by Gasteiger charge is -2.31. The van der Waals surface area contributed by atoms with Crippen LogP contribution >= 0.6 is 15.9 Å². The van der Waals surface area contributed by atoms with Gasteiger partial charge >= 0.3 is 0 Å².